The molecule has 0 saturated carbocycles. The van der Waals surface area contributed by atoms with E-state index in [2.05, 4.69) is 40.4 Å². The highest BCUT2D eigenvalue weighted by atomic mass is 79.9. The summed E-state index contributed by atoms with van der Waals surface area (Å²) in [6.45, 7) is 2.12. The Morgan fingerprint density at radius 2 is 1.90 bits per heavy atom. The van der Waals surface area contributed by atoms with E-state index in [0.29, 0.717) is 12.0 Å². The lowest BCUT2D eigenvalue weighted by molar-refractivity contribution is 0.529. The molecule has 0 radical (unpaired) electrons. The van der Waals surface area contributed by atoms with Crippen molar-refractivity contribution in [2.45, 2.75) is 25.8 Å². The number of hydrogen-bond acceptors (Lipinski definition) is 2. The SMILES string of the molecule is CCc1ccc(C(Cc2cc(Br)ccc2F)NN)cc1. The van der Waals surface area contributed by atoms with Gasteiger partial charge in [0.25, 0.3) is 0 Å². The fourth-order valence-corrected chi connectivity index (χ4v) is 2.59. The maximum atomic E-state index is 13.8. The lowest BCUT2D eigenvalue weighted by Gasteiger charge is -2.17. The molecule has 3 N–H and O–H groups in total. The molecule has 2 aromatic rings. The smallest absolute Gasteiger partial charge is 0.126 e. The Bertz CT molecular complexity index is 569. The zero-order chi connectivity index (χ0) is 14.5. The summed E-state index contributed by atoms with van der Waals surface area (Å²) in [7, 11) is 0. The Hall–Kier alpha value is -1.23. The van der Waals surface area contributed by atoms with Crippen molar-refractivity contribution in [3.05, 3.63) is 69.4 Å². The van der Waals surface area contributed by atoms with Crippen LogP contribution >= 0.6 is 15.9 Å². The third-order valence-corrected chi connectivity index (χ3v) is 3.92. The molecule has 0 aromatic heterocycles. The average molecular weight is 337 g/mol. The van der Waals surface area contributed by atoms with Crippen LogP contribution in [0.25, 0.3) is 0 Å². The van der Waals surface area contributed by atoms with Crippen LogP contribution in [0.4, 0.5) is 4.39 Å². The highest BCUT2D eigenvalue weighted by Crippen LogP contribution is 2.23. The van der Waals surface area contributed by atoms with Crippen molar-refractivity contribution in [1.29, 1.82) is 0 Å². The molecule has 1 atom stereocenters. The minimum Gasteiger partial charge on any atom is -0.271 e. The molecule has 0 spiro atoms. The molecule has 0 bridgehead atoms. The molecular weight excluding hydrogens is 319 g/mol. The van der Waals surface area contributed by atoms with Crippen LogP contribution in [0.5, 0.6) is 0 Å². The summed E-state index contributed by atoms with van der Waals surface area (Å²) in [5, 5.41) is 0. The van der Waals surface area contributed by atoms with E-state index in [1.165, 1.54) is 11.6 Å². The monoisotopic (exact) mass is 336 g/mol. The zero-order valence-corrected chi connectivity index (χ0v) is 13.0. The molecule has 2 aromatic carbocycles. The second-order valence-corrected chi connectivity index (χ2v) is 5.67. The largest absolute Gasteiger partial charge is 0.271 e. The van der Waals surface area contributed by atoms with Gasteiger partial charge in [-0.3, -0.25) is 11.3 Å². The second-order valence-electron chi connectivity index (χ2n) is 4.75. The standard InChI is InChI=1S/C16H18BrFN2/c1-2-11-3-5-12(6-4-11)16(20-19)10-13-9-14(17)7-8-15(13)18/h3-9,16,20H,2,10,19H2,1H3. The van der Waals surface area contributed by atoms with Crippen LogP contribution in [-0.4, -0.2) is 0 Å². The first-order valence-corrected chi connectivity index (χ1v) is 7.42. The number of halogens is 2. The van der Waals surface area contributed by atoms with Crippen molar-refractivity contribution in [2.24, 2.45) is 5.84 Å². The summed E-state index contributed by atoms with van der Waals surface area (Å²) >= 11 is 3.36. The van der Waals surface area contributed by atoms with Gasteiger partial charge >= 0.3 is 0 Å². The Labute approximate surface area is 127 Å². The first-order valence-electron chi connectivity index (χ1n) is 6.63. The van der Waals surface area contributed by atoms with E-state index in [4.69, 9.17) is 5.84 Å². The highest BCUT2D eigenvalue weighted by molar-refractivity contribution is 9.10. The fourth-order valence-electron chi connectivity index (χ4n) is 2.18. The van der Waals surface area contributed by atoms with Gasteiger partial charge in [-0.05, 0) is 47.7 Å². The van der Waals surface area contributed by atoms with Gasteiger partial charge in [0.05, 0.1) is 6.04 Å². The van der Waals surface area contributed by atoms with Crippen molar-refractivity contribution in [1.82, 2.24) is 5.43 Å². The molecule has 0 heterocycles. The van der Waals surface area contributed by atoms with Crippen molar-refractivity contribution < 1.29 is 4.39 Å². The number of rotatable bonds is 5. The molecule has 0 amide bonds. The summed E-state index contributed by atoms with van der Waals surface area (Å²) in [4.78, 5) is 0. The predicted octanol–water partition coefficient (Wildman–Crippen LogP) is 3.90. The number of nitrogens with two attached hydrogens (primary N) is 1. The van der Waals surface area contributed by atoms with Gasteiger partial charge in [0, 0.05) is 4.47 Å². The Morgan fingerprint density at radius 3 is 2.50 bits per heavy atom. The Morgan fingerprint density at radius 1 is 1.20 bits per heavy atom. The summed E-state index contributed by atoms with van der Waals surface area (Å²) in [6, 6.07) is 13.1. The predicted molar refractivity (Wildman–Crippen MR) is 83.7 cm³/mol. The van der Waals surface area contributed by atoms with E-state index >= 15 is 0 Å². The minimum atomic E-state index is -0.210. The summed E-state index contributed by atoms with van der Waals surface area (Å²) in [5.74, 6) is 5.42. The highest BCUT2D eigenvalue weighted by Gasteiger charge is 2.13. The van der Waals surface area contributed by atoms with E-state index in [9.17, 15) is 4.39 Å². The lowest BCUT2D eigenvalue weighted by atomic mass is 9.98. The van der Waals surface area contributed by atoms with Crippen LogP contribution in [-0.2, 0) is 12.8 Å². The Kier molecular flexibility index (Phi) is 5.29. The molecular formula is C16H18BrFN2. The van der Waals surface area contributed by atoms with Gasteiger partial charge in [-0.2, -0.15) is 0 Å². The third-order valence-electron chi connectivity index (χ3n) is 3.42. The zero-order valence-electron chi connectivity index (χ0n) is 11.4. The minimum absolute atomic E-state index is 0.107. The van der Waals surface area contributed by atoms with Crippen molar-refractivity contribution >= 4 is 15.9 Å². The van der Waals surface area contributed by atoms with Gasteiger partial charge in [-0.1, -0.05) is 47.1 Å². The van der Waals surface area contributed by atoms with Gasteiger partial charge in [0.1, 0.15) is 5.82 Å². The summed E-state index contributed by atoms with van der Waals surface area (Å²) < 4.78 is 14.7. The molecule has 2 rings (SSSR count). The number of benzene rings is 2. The van der Waals surface area contributed by atoms with E-state index in [-0.39, 0.29) is 11.9 Å². The van der Waals surface area contributed by atoms with Crippen LogP contribution in [0.15, 0.2) is 46.9 Å². The molecule has 2 nitrogen and oxygen atoms in total. The van der Waals surface area contributed by atoms with Gasteiger partial charge in [-0.25, -0.2) is 4.39 Å². The number of hydrogen-bond donors (Lipinski definition) is 2. The number of nitrogens with one attached hydrogen (secondary N) is 1. The molecule has 0 fully saturated rings. The van der Waals surface area contributed by atoms with Gasteiger partial charge in [0.2, 0.25) is 0 Å². The molecule has 106 valence electrons. The third kappa shape index (κ3) is 3.66. The molecule has 0 aliphatic heterocycles. The molecule has 20 heavy (non-hydrogen) atoms. The van der Waals surface area contributed by atoms with Gasteiger partial charge < -0.3 is 0 Å². The maximum absolute atomic E-state index is 13.8. The van der Waals surface area contributed by atoms with E-state index < -0.39 is 0 Å². The van der Waals surface area contributed by atoms with Crippen molar-refractivity contribution in [3.8, 4) is 0 Å². The maximum Gasteiger partial charge on any atom is 0.126 e. The molecule has 4 heteroatoms. The van der Waals surface area contributed by atoms with Crippen LogP contribution < -0.4 is 11.3 Å². The number of hydrazine groups is 1. The summed E-state index contributed by atoms with van der Waals surface area (Å²) in [5.41, 5.74) is 5.75. The first-order chi connectivity index (χ1) is 9.63. The number of aryl methyl sites for hydroxylation is 1. The summed E-state index contributed by atoms with van der Waals surface area (Å²) in [6.07, 6.45) is 1.51. The van der Waals surface area contributed by atoms with E-state index in [1.807, 2.05) is 12.1 Å². The van der Waals surface area contributed by atoms with Crippen LogP contribution in [0.3, 0.4) is 0 Å². The topological polar surface area (TPSA) is 38.0 Å². The fraction of sp³-hybridized carbons (Fsp3) is 0.250. The van der Waals surface area contributed by atoms with Crippen molar-refractivity contribution in [2.75, 3.05) is 0 Å². The first kappa shape index (κ1) is 15.2. The van der Waals surface area contributed by atoms with Gasteiger partial charge in [-0.15, -0.1) is 0 Å². The van der Waals surface area contributed by atoms with Crippen molar-refractivity contribution in [3.63, 3.8) is 0 Å². The van der Waals surface area contributed by atoms with E-state index in [1.54, 1.807) is 12.1 Å². The molecule has 1 unspecified atom stereocenters. The Balaban J connectivity index is 2.21. The normalized spacial score (nSPS) is 12.4. The van der Waals surface area contributed by atoms with Gasteiger partial charge in [0.15, 0.2) is 0 Å². The lowest BCUT2D eigenvalue weighted by Crippen LogP contribution is -2.29. The van der Waals surface area contributed by atoms with Crippen LogP contribution in [0.1, 0.15) is 29.7 Å². The quantitative estimate of drug-likeness (QED) is 0.642. The molecule has 0 saturated heterocycles. The molecule has 0 aliphatic carbocycles. The average Bonchev–Trinajstić information content (AvgIpc) is 2.48. The molecule has 0 aliphatic rings. The van der Waals surface area contributed by atoms with Crippen LogP contribution in [0, 0.1) is 5.82 Å². The second kappa shape index (κ2) is 6.97. The van der Waals surface area contributed by atoms with E-state index in [0.717, 1.165) is 16.5 Å². The van der Waals surface area contributed by atoms with Crippen LogP contribution in [0.2, 0.25) is 0 Å².